The second kappa shape index (κ2) is 11.1. The van der Waals surface area contributed by atoms with Gasteiger partial charge in [-0.15, -0.1) is 0 Å². The monoisotopic (exact) mass is 513 g/mol. The number of benzene rings is 1. The van der Waals surface area contributed by atoms with E-state index in [1.54, 1.807) is 4.90 Å². The van der Waals surface area contributed by atoms with Gasteiger partial charge in [0.05, 0.1) is 30.1 Å². The summed E-state index contributed by atoms with van der Waals surface area (Å²) in [6, 6.07) is 8.10. The fourth-order valence-corrected chi connectivity index (χ4v) is 7.07. The minimum Gasteiger partial charge on any atom is -0.394 e. The lowest BCUT2D eigenvalue weighted by atomic mass is 9.65. The van der Waals surface area contributed by atoms with Crippen molar-refractivity contribution in [2.75, 3.05) is 13.2 Å². The van der Waals surface area contributed by atoms with Crippen molar-refractivity contribution in [1.82, 2.24) is 15.5 Å². The normalized spacial score (nSPS) is 31.8. The molecule has 7 atom stereocenters. The Morgan fingerprint density at radius 3 is 2.49 bits per heavy atom. The van der Waals surface area contributed by atoms with Gasteiger partial charge >= 0.3 is 0 Å². The lowest BCUT2D eigenvalue weighted by Gasteiger charge is -2.38. The number of carbonyl (C=O) groups is 3. The maximum Gasteiger partial charge on any atom is 0.246 e. The van der Waals surface area contributed by atoms with E-state index in [9.17, 15) is 19.5 Å². The smallest absolute Gasteiger partial charge is 0.246 e. The molecule has 3 saturated heterocycles. The van der Waals surface area contributed by atoms with Gasteiger partial charge in [-0.05, 0) is 51.0 Å². The predicted octanol–water partition coefficient (Wildman–Crippen LogP) is 2.58. The van der Waals surface area contributed by atoms with Crippen molar-refractivity contribution in [1.29, 1.82) is 0 Å². The van der Waals surface area contributed by atoms with Crippen molar-refractivity contribution < 1.29 is 24.2 Å². The van der Waals surface area contributed by atoms with Crippen LogP contribution in [-0.2, 0) is 25.5 Å². The summed E-state index contributed by atoms with van der Waals surface area (Å²) >= 11 is 0. The molecule has 1 spiro atoms. The lowest BCUT2D eigenvalue weighted by molar-refractivity contribution is -0.151. The third-order valence-electron chi connectivity index (χ3n) is 8.73. The van der Waals surface area contributed by atoms with Crippen LogP contribution < -0.4 is 10.6 Å². The van der Waals surface area contributed by atoms with Crippen LogP contribution in [0.4, 0.5) is 0 Å². The summed E-state index contributed by atoms with van der Waals surface area (Å²) in [6.07, 6.45) is 4.70. The number of fused-ring (bicyclic) bond motifs is 1. The predicted molar refractivity (Wildman–Crippen MR) is 141 cm³/mol. The molecule has 0 radical (unpaired) electrons. The Hall–Kier alpha value is -2.45. The highest BCUT2D eigenvalue weighted by molar-refractivity contribution is 5.99. The van der Waals surface area contributed by atoms with Gasteiger partial charge in [-0.1, -0.05) is 57.5 Å². The van der Waals surface area contributed by atoms with E-state index in [1.807, 2.05) is 51.1 Å². The van der Waals surface area contributed by atoms with Gasteiger partial charge in [0.25, 0.3) is 0 Å². The number of hydrogen-bond acceptors (Lipinski definition) is 5. The fraction of sp³-hybridized carbons (Fsp3) is 0.690. The SMILES string of the molecule is CCCNC(=O)[C@H]1[C@H]2C(=O)N([C@@H](CO)Cc3ccccc3)C(C(=O)NC(C)CCC)C23CC[C@]1(CC)O3. The van der Waals surface area contributed by atoms with Crippen molar-refractivity contribution in [2.45, 2.75) is 102 Å². The van der Waals surface area contributed by atoms with Crippen LogP contribution in [0.2, 0.25) is 0 Å². The van der Waals surface area contributed by atoms with E-state index in [-0.39, 0.29) is 30.4 Å². The Balaban J connectivity index is 1.76. The van der Waals surface area contributed by atoms with Crippen LogP contribution >= 0.6 is 0 Å². The van der Waals surface area contributed by atoms with E-state index in [0.29, 0.717) is 32.2 Å². The summed E-state index contributed by atoms with van der Waals surface area (Å²) in [5.41, 5.74) is -0.872. The largest absolute Gasteiger partial charge is 0.394 e. The molecular formula is C29H43N3O5. The summed E-state index contributed by atoms with van der Waals surface area (Å²) in [5, 5.41) is 16.6. The second-order valence-corrected chi connectivity index (χ2v) is 11.1. The van der Waals surface area contributed by atoms with Crippen LogP contribution in [0.15, 0.2) is 30.3 Å². The highest BCUT2D eigenvalue weighted by Gasteiger charge is 2.79. The van der Waals surface area contributed by atoms with Crippen LogP contribution in [-0.4, -0.2) is 70.2 Å². The van der Waals surface area contributed by atoms with Crippen molar-refractivity contribution >= 4 is 17.7 Å². The van der Waals surface area contributed by atoms with Gasteiger partial charge in [0, 0.05) is 12.6 Å². The number of rotatable bonds is 12. The molecule has 3 N–H and O–H groups in total. The molecule has 1 aromatic carbocycles. The molecule has 8 nitrogen and oxygen atoms in total. The van der Waals surface area contributed by atoms with Crippen LogP contribution in [0, 0.1) is 11.8 Å². The number of amides is 3. The van der Waals surface area contributed by atoms with Gasteiger partial charge in [0.15, 0.2) is 0 Å². The Morgan fingerprint density at radius 2 is 1.86 bits per heavy atom. The number of nitrogens with zero attached hydrogens (tertiary/aromatic N) is 1. The zero-order valence-corrected chi connectivity index (χ0v) is 22.7. The van der Waals surface area contributed by atoms with E-state index in [2.05, 4.69) is 17.6 Å². The molecule has 37 heavy (non-hydrogen) atoms. The molecule has 3 fully saturated rings. The van der Waals surface area contributed by atoms with Crippen molar-refractivity contribution in [3.8, 4) is 0 Å². The van der Waals surface area contributed by atoms with E-state index in [4.69, 9.17) is 4.74 Å². The molecule has 3 amide bonds. The number of aliphatic hydroxyl groups is 1. The molecule has 1 aromatic rings. The minimum absolute atomic E-state index is 0.0611. The number of hydrogen-bond donors (Lipinski definition) is 3. The second-order valence-electron chi connectivity index (χ2n) is 11.1. The maximum absolute atomic E-state index is 14.3. The standard InChI is InChI=1S/C29H43N3O5/c1-5-11-19(4)31-26(35)24-29-15-14-28(7-3,37-29)22(25(34)30-16-6-2)23(29)27(36)32(24)21(18-33)17-20-12-9-8-10-13-20/h8-10,12-13,19,21-24,33H,5-7,11,14-18H2,1-4H3,(H,30,34)(H,31,35)/t19?,21-,22-,23+,24?,28+,29?/m1/s1. The van der Waals surface area contributed by atoms with E-state index >= 15 is 0 Å². The molecule has 0 saturated carbocycles. The van der Waals surface area contributed by atoms with Crippen LogP contribution in [0.25, 0.3) is 0 Å². The number of ether oxygens (including phenoxy) is 1. The molecular weight excluding hydrogens is 470 g/mol. The summed E-state index contributed by atoms with van der Waals surface area (Å²) in [7, 11) is 0. The molecule has 3 heterocycles. The molecule has 204 valence electrons. The van der Waals surface area contributed by atoms with E-state index < -0.39 is 35.1 Å². The first kappa shape index (κ1) is 27.6. The fourth-order valence-electron chi connectivity index (χ4n) is 7.07. The molecule has 0 aromatic heterocycles. The highest BCUT2D eigenvalue weighted by Crippen LogP contribution is 2.64. The Kier molecular flexibility index (Phi) is 8.29. The summed E-state index contributed by atoms with van der Waals surface area (Å²) < 4.78 is 6.79. The van der Waals surface area contributed by atoms with Gasteiger partial charge in [-0.2, -0.15) is 0 Å². The Bertz CT molecular complexity index is 987. The molecule has 8 heteroatoms. The summed E-state index contributed by atoms with van der Waals surface area (Å²) in [4.78, 5) is 43.3. The average Bonchev–Trinajstić information content (AvgIpc) is 3.50. The summed E-state index contributed by atoms with van der Waals surface area (Å²) in [6.45, 7) is 8.25. The zero-order valence-electron chi connectivity index (χ0n) is 22.7. The summed E-state index contributed by atoms with van der Waals surface area (Å²) in [5.74, 6) is -2.10. The minimum atomic E-state index is -1.08. The molecule has 0 aliphatic carbocycles. The van der Waals surface area contributed by atoms with Gasteiger partial charge in [0.1, 0.15) is 11.6 Å². The number of aliphatic hydroxyl groups excluding tert-OH is 1. The first-order valence-corrected chi connectivity index (χ1v) is 14.0. The van der Waals surface area contributed by atoms with Crippen molar-refractivity contribution in [2.24, 2.45) is 11.8 Å². The van der Waals surface area contributed by atoms with Gasteiger partial charge in [-0.25, -0.2) is 0 Å². The molecule has 3 aliphatic rings. The average molecular weight is 514 g/mol. The van der Waals surface area contributed by atoms with Gasteiger partial charge in [0.2, 0.25) is 17.7 Å². The maximum atomic E-state index is 14.3. The van der Waals surface area contributed by atoms with Crippen LogP contribution in [0.3, 0.4) is 0 Å². The van der Waals surface area contributed by atoms with E-state index in [0.717, 1.165) is 24.8 Å². The quantitative estimate of drug-likeness (QED) is 0.398. The lowest BCUT2D eigenvalue weighted by Crippen LogP contribution is -2.59. The Labute approximate surface area is 220 Å². The molecule has 4 rings (SSSR count). The number of nitrogens with one attached hydrogen (secondary N) is 2. The van der Waals surface area contributed by atoms with Crippen LogP contribution in [0.1, 0.15) is 71.8 Å². The number of likely N-dealkylation sites (tertiary alicyclic amines) is 1. The third kappa shape index (κ3) is 4.67. The first-order chi connectivity index (χ1) is 17.8. The number of carbonyl (C=O) groups excluding carboxylic acids is 3. The highest BCUT2D eigenvalue weighted by atomic mass is 16.5. The topological polar surface area (TPSA) is 108 Å². The molecule has 2 bridgehead atoms. The van der Waals surface area contributed by atoms with Gasteiger partial charge in [-0.3, -0.25) is 14.4 Å². The molecule has 3 unspecified atom stereocenters. The van der Waals surface area contributed by atoms with Crippen molar-refractivity contribution in [3.05, 3.63) is 35.9 Å². The van der Waals surface area contributed by atoms with Gasteiger partial charge < -0.3 is 25.4 Å². The third-order valence-corrected chi connectivity index (χ3v) is 8.73. The zero-order chi connectivity index (χ0) is 26.8. The van der Waals surface area contributed by atoms with Crippen LogP contribution in [0.5, 0.6) is 0 Å². The Morgan fingerprint density at radius 1 is 1.14 bits per heavy atom. The van der Waals surface area contributed by atoms with Crippen molar-refractivity contribution in [3.63, 3.8) is 0 Å². The molecule has 3 aliphatic heterocycles. The first-order valence-electron chi connectivity index (χ1n) is 14.0. The van der Waals surface area contributed by atoms with E-state index in [1.165, 1.54) is 0 Å².